The molecule has 2 N–H and O–H groups in total. The summed E-state index contributed by atoms with van der Waals surface area (Å²) in [6.07, 6.45) is 1.54. The van der Waals surface area contributed by atoms with Crippen molar-refractivity contribution in [3.8, 4) is 0 Å². The third kappa shape index (κ3) is 3.57. The average Bonchev–Trinajstić information content (AvgIpc) is 2.31. The summed E-state index contributed by atoms with van der Waals surface area (Å²) >= 11 is 0. The maximum Gasteiger partial charge on any atom is 0.163 e. The van der Waals surface area contributed by atoms with Gasteiger partial charge in [-0.15, -0.1) is 0 Å². The van der Waals surface area contributed by atoms with Crippen molar-refractivity contribution in [2.24, 2.45) is 22.7 Å². The number of carbonyl (C=O) groups excluding carboxylic acids is 2. The van der Waals surface area contributed by atoms with Crippen LogP contribution in [0.25, 0.3) is 0 Å². The van der Waals surface area contributed by atoms with Gasteiger partial charge in [-0.1, -0.05) is 41.5 Å². The van der Waals surface area contributed by atoms with Crippen LogP contribution in [0.1, 0.15) is 67.2 Å². The molecule has 4 heteroatoms. The van der Waals surface area contributed by atoms with E-state index in [1.165, 1.54) is 0 Å². The second-order valence-corrected chi connectivity index (χ2v) is 9.32. The molecule has 2 rings (SSSR count). The summed E-state index contributed by atoms with van der Waals surface area (Å²) < 4.78 is 0. The van der Waals surface area contributed by atoms with Crippen molar-refractivity contribution in [2.75, 3.05) is 0 Å². The molecule has 134 valence electrons. The van der Waals surface area contributed by atoms with Gasteiger partial charge in [0.25, 0.3) is 0 Å². The van der Waals surface area contributed by atoms with Gasteiger partial charge in [-0.3, -0.25) is 9.59 Å². The highest BCUT2D eigenvalue weighted by Crippen LogP contribution is 2.46. The highest BCUT2D eigenvalue weighted by atomic mass is 16.3. The average molecular weight is 334 g/mol. The van der Waals surface area contributed by atoms with Crippen molar-refractivity contribution in [1.82, 2.24) is 0 Å². The van der Waals surface area contributed by atoms with Gasteiger partial charge in [0.1, 0.15) is 11.5 Å². The highest BCUT2D eigenvalue weighted by Gasteiger charge is 2.43. The molecule has 4 nitrogen and oxygen atoms in total. The maximum absolute atomic E-state index is 12.7. The minimum absolute atomic E-state index is 0.0605. The van der Waals surface area contributed by atoms with Crippen molar-refractivity contribution in [3.63, 3.8) is 0 Å². The molecule has 0 radical (unpaired) electrons. The van der Waals surface area contributed by atoms with Gasteiger partial charge >= 0.3 is 0 Å². The van der Waals surface area contributed by atoms with Gasteiger partial charge in [0.15, 0.2) is 11.6 Å². The first-order chi connectivity index (χ1) is 10.8. The first-order valence-electron chi connectivity index (χ1n) is 8.75. The van der Waals surface area contributed by atoms with Gasteiger partial charge < -0.3 is 10.2 Å². The van der Waals surface area contributed by atoms with E-state index < -0.39 is 5.92 Å². The fourth-order valence-electron chi connectivity index (χ4n) is 4.12. The van der Waals surface area contributed by atoms with E-state index in [9.17, 15) is 19.8 Å². The molecular weight excluding hydrogens is 304 g/mol. The molecule has 0 heterocycles. The molecule has 0 aromatic heterocycles. The van der Waals surface area contributed by atoms with Gasteiger partial charge in [0, 0.05) is 42.7 Å². The van der Waals surface area contributed by atoms with Gasteiger partial charge in [-0.05, 0) is 16.7 Å². The highest BCUT2D eigenvalue weighted by molar-refractivity contribution is 6.03. The number of aliphatic hydroxyl groups excluding tert-OH is 2. The topological polar surface area (TPSA) is 74.6 Å². The van der Waals surface area contributed by atoms with Gasteiger partial charge in [-0.2, -0.15) is 0 Å². The van der Waals surface area contributed by atoms with Crippen molar-refractivity contribution >= 4 is 11.6 Å². The van der Waals surface area contributed by atoms with Crippen molar-refractivity contribution in [1.29, 1.82) is 0 Å². The van der Waals surface area contributed by atoms with Crippen LogP contribution in [0.4, 0.5) is 0 Å². The SMILES string of the molecule is CC(C)C(C1=C(O)CC(C)(C)CC1=O)C1=C(O)CC(C)(C)CC1=O. The molecule has 0 bridgehead atoms. The Hall–Kier alpha value is -1.58. The van der Waals surface area contributed by atoms with Crippen LogP contribution in [-0.4, -0.2) is 21.8 Å². The molecule has 24 heavy (non-hydrogen) atoms. The van der Waals surface area contributed by atoms with Crippen LogP contribution in [-0.2, 0) is 9.59 Å². The summed E-state index contributed by atoms with van der Waals surface area (Å²) in [6.45, 7) is 11.7. The van der Waals surface area contributed by atoms with E-state index >= 15 is 0 Å². The van der Waals surface area contributed by atoms with E-state index in [1.807, 2.05) is 41.5 Å². The standard InChI is InChI=1S/C20H30O4/c1-11(2)16(17-12(21)7-19(3,4)8-13(17)22)18-14(23)9-20(5,6)10-15(18)24/h11,16,21,23H,7-10H2,1-6H3. The second-order valence-electron chi connectivity index (χ2n) is 9.32. The molecule has 0 spiro atoms. The summed E-state index contributed by atoms with van der Waals surface area (Å²) in [5.41, 5.74) is 0.111. The lowest BCUT2D eigenvalue weighted by Gasteiger charge is -2.37. The fourth-order valence-corrected chi connectivity index (χ4v) is 4.12. The Bertz CT molecular complexity index is 580. The number of carbonyl (C=O) groups is 2. The molecule has 0 saturated heterocycles. The zero-order chi connectivity index (χ0) is 18.4. The minimum Gasteiger partial charge on any atom is -0.512 e. The Morgan fingerprint density at radius 2 is 1.08 bits per heavy atom. The fraction of sp³-hybridized carbons (Fsp3) is 0.700. The third-order valence-corrected chi connectivity index (χ3v) is 5.08. The van der Waals surface area contributed by atoms with E-state index in [4.69, 9.17) is 0 Å². The van der Waals surface area contributed by atoms with Crippen LogP contribution in [0, 0.1) is 22.7 Å². The van der Waals surface area contributed by atoms with Gasteiger partial charge in [0.05, 0.1) is 0 Å². The molecule has 0 saturated carbocycles. The molecule has 2 aliphatic rings. The number of aliphatic hydroxyl groups is 2. The molecule has 0 amide bonds. The Morgan fingerprint density at radius 3 is 1.33 bits per heavy atom. The van der Waals surface area contributed by atoms with Crippen molar-refractivity contribution in [3.05, 3.63) is 22.7 Å². The number of Topliss-reactive ketones (excluding diaryl/α,β-unsaturated/α-hetero) is 2. The Morgan fingerprint density at radius 1 is 0.750 bits per heavy atom. The zero-order valence-electron chi connectivity index (χ0n) is 15.7. The van der Waals surface area contributed by atoms with Crippen LogP contribution in [0.15, 0.2) is 22.7 Å². The lowest BCUT2D eigenvalue weighted by atomic mass is 9.66. The zero-order valence-corrected chi connectivity index (χ0v) is 15.7. The molecule has 0 atom stereocenters. The van der Waals surface area contributed by atoms with E-state index in [1.54, 1.807) is 0 Å². The van der Waals surface area contributed by atoms with E-state index in [-0.39, 0.29) is 39.8 Å². The van der Waals surface area contributed by atoms with Crippen molar-refractivity contribution in [2.45, 2.75) is 67.2 Å². The summed E-state index contributed by atoms with van der Waals surface area (Å²) in [5.74, 6) is -0.659. The lowest BCUT2D eigenvalue weighted by molar-refractivity contribution is -0.120. The minimum atomic E-state index is -0.530. The monoisotopic (exact) mass is 334 g/mol. The van der Waals surface area contributed by atoms with Crippen LogP contribution < -0.4 is 0 Å². The molecule has 2 aliphatic carbocycles. The molecule has 0 aromatic rings. The number of hydrogen-bond acceptors (Lipinski definition) is 4. The van der Waals surface area contributed by atoms with Gasteiger partial charge in [0.2, 0.25) is 0 Å². The number of allylic oxidation sites excluding steroid dienone is 4. The first kappa shape index (κ1) is 18.8. The van der Waals surface area contributed by atoms with Crippen LogP contribution in [0.2, 0.25) is 0 Å². The maximum atomic E-state index is 12.7. The molecule has 0 aromatic carbocycles. The summed E-state index contributed by atoms with van der Waals surface area (Å²) in [5, 5.41) is 21.1. The predicted octanol–water partition coefficient (Wildman–Crippen LogP) is 4.66. The summed E-state index contributed by atoms with van der Waals surface area (Å²) in [6, 6.07) is 0. The number of rotatable bonds is 3. The van der Waals surface area contributed by atoms with Crippen LogP contribution in [0.5, 0.6) is 0 Å². The second kappa shape index (κ2) is 6.05. The quantitative estimate of drug-likeness (QED) is 0.787. The van der Waals surface area contributed by atoms with Gasteiger partial charge in [-0.25, -0.2) is 0 Å². The molecule has 0 aliphatic heterocycles. The van der Waals surface area contributed by atoms with E-state index in [0.717, 1.165) is 0 Å². The van der Waals surface area contributed by atoms with E-state index in [0.29, 0.717) is 36.8 Å². The molecule has 0 fully saturated rings. The Kier molecular flexibility index (Phi) is 4.73. The Labute approximate surface area is 144 Å². The largest absolute Gasteiger partial charge is 0.512 e. The smallest absolute Gasteiger partial charge is 0.163 e. The predicted molar refractivity (Wildman–Crippen MR) is 93.7 cm³/mol. The summed E-state index contributed by atoms with van der Waals surface area (Å²) in [7, 11) is 0. The molecule has 0 unspecified atom stereocenters. The Balaban J connectivity index is 2.56. The van der Waals surface area contributed by atoms with Crippen LogP contribution in [0.3, 0.4) is 0 Å². The third-order valence-electron chi connectivity index (χ3n) is 5.08. The number of hydrogen-bond donors (Lipinski definition) is 2. The van der Waals surface area contributed by atoms with E-state index in [2.05, 4.69) is 0 Å². The van der Waals surface area contributed by atoms with Crippen molar-refractivity contribution < 1.29 is 19.8 Å². The first-order valence-corrected chi connectivity index (χ1v) is 8.75. The normalized spacial score (nSPS) is 24.3. The summed E-state index contributed by atoms with van der Waals surface area (Å²) in [4.78, 5) is 25.4. The lowest BCUT2D eigenvalue weighted by Crippen LogP contribution is -2.36. The number of ketones is 2. The van der Waals surface area contributed by atoms with Crippen LogP contribution >= 0.6 is 0 Å². The molecular formula is C20H30O4.